The van der Waals surface area contributed by atoms with Crippen molar-refractivity contribution in [1.82, 2.24) is 20.5 Å². The van der Waals surface area contributed by atoms with E-state index in [1.54, 1.807) is 6.07 Å². The number of hydrogen-bond donors (Lipinski definition) is 4. The van der Waals surface area contributed by atoms with E-state index in [1.807, 2.05) is 13.8 Å². The quantitative estimate of drug-likeness (QED) is 0.486. The van der Waals surface area contributed by atoms with Crippen LogP contribution in [0.1, 0.15) is 44.7 Å². The molecular formula is C18H25FN6O4S. The lowest BCUT2D eigenvalue weighted by Gasteiger charge is -2.14. The number of H-pyrrole nitrogens is 1. The molecule has 2 heterocycles. The van der Waals surface area contributed by atoms with Gasteiger partial charge < -0.3 is 15.4 Å². The van der Waals surface area contributed by atoms with Crippen LogP contribution < -0.4 is 15.4 Å². The van der Waals surface area contributed by atoms with Crippen LogP contribution in [0, 0.1) is 5.95 Å². The zero-order chi connectivity index (χ0) is 21.9. The third-order valence-electron chi connectivity index (χ3n) is 4.50. The maximum Gasteiger partial charge on any atom is 0.407 e. The highest BCUT2D eigenvalue weighted by Crippen LogP contribution is 2.36. The van der Waals surface area contributed by atoms with Crippen molar-refractivity contribution in [1.29, 1.82) is 0 Å². The number of rotatable bonds is 7. The van der Waals surface area contributed by atoms with Gasteiger partial charge in [-0.1, -0.05) is 0 Å². The molecule has 2 aromatic rings. The molecule has 0 unspecified atom stereocenters. The second kappa shape index (κ2) is 8.86. The van der Waals surface area contributed by atoms with Gasteiger partial charge >= 0.3 is 6.09 Å². The Morgan fingerprint density at radius 3 is 2.73 bits per heavy atom. The predicted octanol–water partition coefficient (Wildman–Crippen LogP) is 2.83. The molecule has 164 valence electrons. The maximum atomic E-state index is 14.0. The molecule has 1 fully saturated rings. The van der Waals surface area contributed by atoms with Gasteiger partial charge in [-0.15, -0.1) is 0 Å². The third-order valence-corrected chi connectivity index (χ3v) is 5.09. The zero-order valence-electron chi connectivity index (χ0n) is 16.9. The van der Waals surface area contributed by atoms with Crippen LogP contribution in [-0.2, 0) is 14.8 Å². The molecule has 0 bridgehead atoms. The molecule has 0 radical (unpaired) electrons. The van der Waals surface area contributed by atoms with Gasteiger partial charge in [0.05, 0.1) is 6.26 Å². The van der Waals surface area contributed by atoms with Crippen LogP contribution in [0.2, 0.25) is 0 Å². The molecule has 1 aliphatic carbocycles. The van der Waals surface area contributed by atoms with E-state index >= 15 is 0 Å². The van der Waals surface area contributed by atoms with Crippen LogP contribution in [-0.4, -0.2) is 48.1 Å². The summed E-state index contributed by atoms with van der Waals surface area (Å²) in [5.74, 6) is -0.155. The number of carbonyl (C=O) groups is 1. The highest BCUT2D eigenvalue weighted by atomic mass is 32.2. The minimum atomic E-state index is -3.60. The predicted molar refractivity (Wildman–Crippen MR) is 110 cm³/mol. The van der Waals surface area contributed by atoms with Crippen LogP contribution in [0.4, 0.5) is 26.5 Å². The minimum absolute atomic E-state index is 0.0191. The van der Waals surface area contributed by atoms with Crippen molar-refractivity contribution in [3.63, 3.8) is 0 Å². The normalized spacial score (nSPS) is 19.0. The summed E-state index contributed by atoms with van der Waals surface area (Å²) in [6.07, 6.45) is 2.66. The SMILES string of the molecule is CC(C)NC(=O)O[C@@H]1CC[C@H](c2cc(Nc3ccc(NS(C)(=O)=O)c(F)n3)n[nH]2)C1. The average Bonchev–Trinajstić information content (AvgIpc) is 3.25. The van der Waals surface area contributed by atoms with Gasteiger partial charge in [0.15, 0.2) is 5.82 Å². The number of carbonyl (C=O) groups excluding carboxylic acids is 1. The summed E-state index contributed by atoms with van der Waals surface area (Å²) in [6.45, 7) is 3.74. The fraction of sp³-hybridized carbons (Fsp3) is 0.500. The van der Waals surface area contributed by atoms with E-state index in [-0.39, 0.29) is 29.6 Å². The van der Waals surface area contributed by atoms with E-state index < -0.39 is 22.1 Å². The Labute approximate surface area is 174 Å². The highest BCUT2D eigenvalue weighted by Gasteiger charge is 2.30. The van der Waals surface area contributed by atoms with Crippen LogP contribution in [0.25, 0.3) is 0 Å². The number of amides is 1. The molecule has 12 heteroatoms. The van der Waals surface area contributed by atoms with Crippen molar-refractivity contribution in [3.8, 4) is 0 Å². The smallest absolute Gasteiger partial charge is 0.407 e. The lowest BCUT2D eigenvalue weighted by atomic mass is 10.0. The monoisotopic (exact) mass is 440 g/mol. The van der Waals surface area contributed by atoms with Gasteiger partial charge in [-0.05, 0) is 45.2 Å². The van der Waals surface area contributed by atoms with Gasteiger partial charge in [-0.3, -0.25) is 9.82 Å². The van der Waals surface area contributed by atoms with E-state index in [2.05, 4.69) is 30.5 Å². The van der Waals surface area contributed by atoms with Crippen LogP contribution >= 0.6 is 0 Å². The van der Waals surface area contributed by atoms with E-state index in [0.29, 0.717) is 12.2 Å². The summed E-state index contributed by atoms with van der Waals surface area (Å²) in [7, 11) is -3.60. The Morgan fingerprint density at radius 1 is 1.30 bits per heavy atom. The standard InChI is InChI=1S/C18H25FN6O4S/c1-10(2)20-18(26)29-12-5-4-11(8-12)14-9-16(24-23-14)21-15-7-6-13(17(19)22-15)25-30(3,27)28/h6-7,9-12,25H,4-5,8H2,1-3H3,(H,20,26)(H2,21,22,23,24)/t11-,12+/m0/s1. The topological polar surface area (TPSA) is 138 Å². The number of alkyl carbamates (subject to hydrolysis) is 1. The van der Waals surface area contributed by atoms with Crippen molar-refractivity contribution in [2.24, 2.45) is 0 Å². The van der Waals surface area contributed by atoms with E-state index in [0.717, 1.165) is 24.8 Å². The van der Waals surface area contributed by atoms with E-state index in [9.17, 15) is 17.6 Å². The molecule has 2 aromatic heterocycles. The molecule has 30 heavy (non-hydrogen) atoms. The summed E-state index contributed by atoms with van der Waals surface area (Å²) < 4.78 is 43.9. The Morgan fingerprint density at radius 2 is 2.07 bits per heavy atom. The number of hydrogen-bond acceptors (Lipinski definition) is 7. The van der Waals surface area contributed by atoms with Crippen molar-refractivity contribution in [3.05, 3.63) is 29.8 Å². The average molecular weight is 441 g/mol. The number of nitrogens with one attached hydrogen (secondary N) is 4. The van der Waals surface area contributed by atoms with E-state index in [4.69, 9.17) is 4.74 Å². The van der Waals surface area contributed by atoms with Crippen LogP contribution in [0.15, 0.2) is 18.2 Å². The van der Waals surface area contributed by atoms with Gasteiger partial charge in [0.2, 0.25) is 16.0 Å². The minimum Gasteiger partial charge on any atom is -0.446 e. The number of ether oxygens (including phenoxy) is 1. The molecule has 0 aliphatic heterocycles. The first-order chi connectivity index (χ1) is 14.1. The third kappa shape index (κ3) is 6.05. The molecule has 4 N–H and O–H groups in total. The van der Waals surface area contributed by atoms with Crippen molar-refractivity contribution in [2.45, 2.75) is 51.2 Å². The molecule has 0 saturated heterocycles. The van der Waals surface area contributed by atoms with Crippen molar-refractivity contribution in [2.75, 3.05) is 16.3 Å². The second-order valence-electron chi connectivity index (χ2n) is 7.58. The second-order valence-corrected chi connectivity index (χ2v) is 9.33. The molecule has 3 rings (SSSR count). The largest absolute Gasteiger partial charge is 0.446 e. The lowest BCUT2D eigenvalue weighted by Crippen LogP contribution is -2.33. The molecule has 2 atom stereocenters. The fourth-order valence-electron chi connectivity index (χ4n) is 3.27. The number of aromatic amines is 1. The number of sulfonamides is 1. The molecule has 1 aliphatic rings. The number of nitrogens with zero attached hydrogens (tertiary/aromatic N) is 2. The molecule has 1 saturated carbocycles. The number of pyridine rings is 1. The molecular weight excluding hydrogens is 415 g/mol. The van der Waals surface area contributed by atoms with Gasteiger partial charge in [-0.2, -0.15) is 9.49 Å². The Bertz CT molecular complexity index is 1010. The summed E-state index contributed by atoms with van der Waals surface area (Å²) in [4.78, 5) is 15.5. The molecule has 0 spiro atoms. The summed E-state index contributed by atoms with van der Waals surface area (Å²) in [6, 6.07) is 4.53. The first-order valence-corrected chi connectivity index (χ1v) is 11.4. The summed E-state index contributed by atoms with van der Waals surface area (Å²) in [5.41, 5.74) is 0.646. The van der Waals surface area contributed by atoms with E-state index in [1.165, 1.54) is 12.1 Å². The maximum absolute atomic E-state index is 14.0. The number of aromatic nitrogens is 3. The fourth-order valence-corrected chi connectivity index (χ4v) is 3.82. The highest BCUT2D eigenvalue weighted by molar-refractivity contribution is 7.92. The van der Waals surface area contributed by atoms with Crippen molar-refractivity contribution >= 4 is 33.4 Å². The number of anilines is 3. The Hall–Kier alpha value is -2.89. The molecule has 10 nitrogen and oxygen atoms in total. The van der Waals surface area contributed by atoms with Crippen molar-refractivity contribution < 1.29 is 22.3 Å². The Kier molecular flexibility index (Phi) is 6.44. The van der Waals surface area contributed by atoms with Crippen LogP contribution in [0.5, 0.6) is 0 Å². The molecule has 0 aromatic carbocycles. The van der Waals surface area contributed by atoms with Gasteiger partial charge in [0.25, 0.3) is 0 Å². The van der Waals surface area contributed by atoms with Gasteiger partial charge in [0, 0.05) is 23.7 Å². The summed E-state index contributed by atoms with van der Waals surface area (Å²) >= 11 is 0. The summed E-state index contributed by atoms with van der Waals surface area (Å²) in [5, 5.41) is 12.7. The van der Waals surface area contributed by atoms with Gasteiger partial charge in [-0.25, -0.2) is 18.2 Å². The van der Waals surface area contributed by atoms with Crippen LogP contribution in [0.3, 0.4) is 0 Å². The zero-order valence-corrected chi connectivity index (χ0v) is 17.7. The van der Waals surface area contributed by atoms with Gasteiger partial charge in [0.1, 0.15) is 17.6 Å². The molecule has 1 amide bonds. The lowest BCUT2D eigenvalue weighted by molar-refractivity contribution is 0.0981. The Balaban J connectivity index is 1.58. The first kappa shape index (κ1) is 21.8. The number of halogens is 1. The first-order valence-electron chi connectivity index (χ1n) is 9.53.